The van der Waals surface area contributed by atoms with Crippen molar-refractivity contribution in [1.82, 2.24) is 9.97 Å². The molecule has 0 saturated carbocycles. The van der Waals surface area contributed by atoms with Crippen LogP contribution in [0.4, 0.5) is 24.7 Å². The fraction of sp³-hybridized carbons (Fsp3) is 0.0909. The summed E-state index contributed by atoms with van der Waals surface area (Å²) in [6, 6.07) is 5.48. The third-order valence-corrected chi connectivity index (χ3v) is 2.54. The van der Waals surface area contributed by atoms with Crippen molar-refractivity contribution in [3.05, 3.63) is 40.8 Å². The van der Waals surface area contributed by atoms with Crippen molar-refractivity contribution in [2.75, 3.05) is 5.32 Å². The number of anilines is 2. The Hall–Kier alpha value is -1.73. The molecule has 0 unspecified atom stereocenters. The third kappa shape index (κ3) is 3.88. The quantitative estimate of drug-likeness (QED) is 0.849. The highest BCUT2D eigenvalue weighted by Gasteiger charge is 2.32. The molecule has 1 N–H and O–H groups in total. The summed E-state index contributed by atoms with van der Waals surface area (Å²) in [5, 5.41) is 2.63. The Bertz CT molecular complexity index is 622. The molecule has 0 aliphatic carbocycles. The van der Waals surface area contributed by atoms with E-state index in [0.717, 1.165) is 6.07 Å². The molecule has 0 bridgehead atoms. The summed E-state index contributed by atoms with van der Waals surface area (Å²) >= 11 is 11.4. The number of rotatable bonds is 3. The molecule has 0 aliphatic rings. The molecule has 20 heavy (non-hydrogen) atoms. The molecule has 0 atom stereocenters. The van der Waals surface area contributed by atoms with Crippen LogP contribution in [-0.4, -0.2) is 16.3 Å². The van der Waals surface area contributed by atoms with Crippen LogP contribution in [-0.2, 0) is 0 Å². The molecule has 0 saturated heterocycles. The van der Waals surface area contributed by atoms with E-state index in [0.29, 0.717) is 0 Å². The van der Waals surface area contributed by atoms with Gasteiger partial charge in [0.2, 0.25) is 5.28 Å². The Kier molecular flexibility index (Phi) is 4.20. The smallest absolute Gasteiger partial charge is 0.404 e. The second-order valence-corrected chi connectivity index (χ2v) is 4.25. The van der Waals surface area contributed by atoms with Gasteiger partial charge in [0.1, 0.15) is 5.02 Å². The predicted molar refractivity (Wildman–Crippen MR) is 68.5 cm³/mol. The molecule has 1 aromatic carbocycles. The maximum absolute atomic E-state index is 12.3. The van der Waals surface area contributed by atoms with Crippen LogP contribution in [0, 0.1) is 0 Å². The average Bonchev–Trinajstić information content (AvgIpc) is 2.34. The van der Waals surface area contributed by atoms with Crippen LogP contribution in [0.25, 0.3) is 0 Å². The largest absolute Gasteiger partial charge is 0.573 e. The number of hydrogen-bond donors (Lipinski definition) is 1. The van der Waals surface area contributed by atoms with Gasteiger partial charge in [0.25, 0.3) is 0 Å². The van der Waals surface area contributed by atoms with E-state index < -0.39 is 12.1 Å². The van der Waals surface area contributed by atoms with Crippen molar-refractivity contribution in [1.29, 1.82) is 0 Å². The number of nitrogens with one attached hydrogen (secondary N) is 1. The van der Waals surface area contributed by atoms with Crippen LogP contribution >= 0.6 is 23.2 Å². The molecule has 4 nitrogen and oxygen atoms in total. The maximum atomic E-state index is 12.3. The second kappa shape index (κ2) is 5.72. The minimum Gasteiger partial charge on any atom is -0.404 e. The summed E-state index contributed by atoms with van der Waals surface area (Å²) in [6.45, 7) is 0. The normalized spacial score (nSPS) is 11.2. The van der Waals surface area contributed by atoms with E-state index in [4.69, 9.17) is 23.2 Å². The van der Waals surface area contributed by atoms with Crippen molar-refractivity contribution in [3.63, 3.8) is 0 Å². The molecule has 106 valence electrons. The molecular weight excluding hydrogens is 318 g/mol. The van der Waals surface area contributed by atoms with E-state index in [1.165, 1.54) is 24.4 Å². The summed E-state index contributed by atoms with van der Waals surface area (Å²) in [6.07, 6.45) is -3.57. The second-order valence-electron chi connectivity index (χ2n) is 3.50. The number of halogens is 5. The Labute approximate surface area is 121 Å². The SMILES string of the molecule is FC(F)(F)Oc1ccccc1Nc1nc(Cl)ncc1Cl. The Morgan fingerprint density at radius 3 is 2.55 bits per heavy atom. The van der Waals surface area contributed by atoms with E-state index in [1.54, 1.807) is 0 Å². The highest BCUT2D eigenvalue weighted by molar-refractivity contribution is 6.33. The van der Waals surface area contributed by atoms with E-state index in [1.807, 2.05) is 0 Å². The fourth-order valence-corrected chi connectivity index (χ4v) is 1.62. The number of ether oxygens (including phenoxy) is 1. The van der Waals surface area contributed by atoms with E-state index in [-0.39, 0.29) is 21.8 Å². The zero-order valence-corrected chi connectivity index (χ0v) is 11.1. The molecule has 0 fully saturated rings. The lowest BCUT2D eigenvalue weighted by atomic mass is 10.3. The Morgan fingerprint density at radius 2 is 1.85 bits per heavy atom. The van der Waals surface area contributed by atoms with Gasteiger partial charge in [-0.2, -0.15) is 4.98 Å². The van der Waals surface area contributed by atoms with E-state index in [9.17, 15) is 13.2 Å². The Balaban J connectivity index is 2.32. The molecule has 0 radical (unpaired) electrons. The van der Waals surface area contributed by atoms with Gasteiger partial charge in [-0.1, -0.05) is 23.7 Å². The third-order valence-electron chi connectivity index (χ3n) is 2.08. The van der Waals surface area contributed by atoms with Crippen LogP contribution in [0.15, 0.2) is 30.5 Å². The number of benzene rings is 1. The highest BCUT2D eigenvalue weighted by Crippen LogP contribution is 2.33. The van der Waals surface area contributed by atoms with Crippen molar-refractivity contribution in [2.24, 2.45) is 0 Å². The first-order valence-corrected chi connectivity index (χ1v) is 5.90. The number of para-hydroxylation sites is 2. The summed E-state index contributed by atoms with van der Waals surface area (Å²) in [5.74, 6) is -0.337. The summed E-state index contributed by atoms with van der Waals surface area (Å²) in [5.41, 5.74) is 0.0430. The van der Waals surface area contributed by atoms with E-state index in [2.05, 4.69) is 20.0 Å². The first-order chi connectivity index (χ1) is 9.35. The van der Waals surface area contributed by atoms with Gasteiger partial charge in [0.05, 0.1) is 11.9 Å². The van der Waals surface area contributed by atoms with Gasteiger partial charge < -0.3 is 10.1 Å². The molecule has 1 heterocycles. The summed E-state index contributed by atoms with van der Waals surface area (Å²) in [7, 11) is 0. The molecule has 9 heteroatoms. The van der Waals surface area contributed by atoms with Gasteiger partial charge in [-0.05, 0) is 23.7 Å². The van der Waals surface area contributed by atoms with Gasteiger partial charge in [-0.3, -0.25) is 0 Å². The van der Waals surface area contributed by atoms with Gasteiger partial charge in [0, 0.05) is 0 Å². The van der Waals surface area contributed by atoms with E-state index >= 15 is 0 Å². The fourth-order valence-electron chi connectivity index (χ4n) is 1.34. The van der Waals surface area contributed by atoms with Crippen molar-refractivity contribution < 1.29 is 17.9 Å². The lowest BCUT2D eigenvalue weighted by Gasteiger charge is -2.14. The number of alkyl halides is 3. The molecule has 0 amide bonds. The summed E-state index contributed by atoms with van der Waals surface area (Å²) < 4.78 is 40.7. The highest BCUT2D eigenvalue weighted by atomic mass is 35.5. The Morgan fingerprint density at radius 1 is 1.15 bits per heavy atom. The van der Waals surface area contributed by atoms with Crippen molar-refractivity contribution >= 4 is 34.7 Å². The van der Waals surface area contributed by atoms with Crippen LogP contribution in [0.2, 0.25) is 10.3 Å². The molecule has 2 rings (SSSR count). The molecule has 1 aromatic heterocycles. The predicted octanol–water partition coefficient (Wildman–Crippen LogP) is 4.43. The van der Waals surface area contributed by atoms with Crippen molar-refractivity contribution in [2.45, 2.75) is 6.36 Å². The van der Waals surface area contributed by atoms with Gasteiger partial charge >= 0.3 is 6.36 Å². The topological polar surface area (TPSA) is 47.0 Å². The van der Waals surface area contributed by atoms with Crippen LogP contribution in [0.1, 0.15) is 0 Å². The minimum absolute atomic E-state index is 0.0430. The van der Waals surface area contributed by atoms with Gasteiger partial charge in [-0.25, -0.2) is 4.98 Å². The first kappa shape index (κ1) is 14.7. The lowest BCUT2D eigenvalue weighted by molar-refractivity contribution is -0.274. The van der Waals surface area contributed by atoms with Crippen LogP contribution in [0.5, 0.6) is 5.75 Å². The molecular formula is C11H6Cl2F3N3O. The maximum Gasteiger partial charge on any atom is 0.573 e. The van der Waals surface area contributed by atoms with Crippen LogP contribution < -0.4 is 10.1 Å². The molecule has 0 spiro atoms. The average molecular weight is 324 g/mol. The first-order valence-electron chi connectivity index (χ1n) is 5.15. The van der Waals surface area contributed by atoms with Crippen molar-refractivity contribution in [3.8, 4) is 5.75 Å². The van der Waals surface area contributed by atoms with Gasteiger partial charge in [0.15, 0.2) is 11.6 Å². The van der Waals surface area contributed by atoms with Gasteiger partial charge in [-0.15, -0.1) is 13.2 Å². The summed E-state index contributed by atoms with van der Waals surface area (Å²) in [4.78, 5) is 7.41. The van der Waals surface area contributed by atoms with Crippen LogP contribution in [0.3, 0.4) is 0 Å². The standard InChI is InChI=1S/C11H6Cl2F3N3O/c12-6-5-17-10(13)19-9(6)18-7-3-1-2-4-8(7)20-11(14,15)16/h1-5H,(H,17,18,19). The minimum atomic E-state index is -4.80. The molecule has 0 aliphatic heterocycles. The zero-order valence-electron chi connectivity index (χ0n) is 9.58. The number of hydrogen-bond acceptors (Lipinski definition) is 4. The monoisotopic (exact) mass is 323 g/mol. The zero-order chi connectivity index (χ0) is 14.8. The molecule has 2 aromatic rings. The lowest BCUT2D eigenvalue weighted by Crippen LogP contribution is -2.18. The number of nitrogens with zero attached hydrogens (tertiary/aromatic N) is 2. The number of aromatic nitrogens is 2.